The maximum atomic E-state index is 12.6. The molecule has 0 aliphatic carbocycles. The monoisotopic (exact) mass is 347 g/mol. The number of aromatic nitrogens is 3. The molecule has 0 spiro atoms. The normalized spacial score (nSPS) is 20.8. The minimum absolute atomic E-state index is 0.212. The molecule has 2 aromatic heterocycles. The fourth-order valence-corrected chi connectivity index (χ4v) is 2.83. The van der Waals surface area contributed by atoms with Crippen molar-refractivity contribution in [2.24, 2.45) is 5.92 Å². The molecular formula is C15H17N5O5. The molecule has 3 heterocycles. The van der Waals surface area contributed by atoms with Crippen LogP contribution in [0.25, 0.3) is 0 Å². The third-order valence-electron chi connectivity index (χ3n) is 3.79. The van der Waals surface area contributed by atoms with E-state index < -0.39 is 28.7 Å². The second kappa shape index (κ2) is 6.75. The van der Waals surface area contributed by atoms with E-state index in [0.29, 0.717) is 18.1 Å². The van der Waals surface area contributed by atoms with Gasteiger partial charge in [0.05, 0.1) is 12.7 Å². The lowest BCUT2D eigenvalue weighted by Crippen LogP contribution is -2.38. The molecule has 10 nitrogen and oxygen atoms in total. The number of furan rings is 1. The van der Waals surface area contributed by atoms with Gasteiger partial charge in [0.25, 0.3) is 0 Å². The van der Waals surface area contributed by atoms with Crippen LogP contribution in [0.3, 0.4) is 0 Å². The van der Waals surface area contributed by atoms with Gasteiger partial charge in [-0.1, -0.05) is 13.0 Å². The average Bonchev–Trinajstić information content (AvgIpc) is 3.23. The molecule has 0 radical (unpaired) electrons. The predicted octanol–water partition coefficient (Wildman–Crippen LogP) is 2.27. The summed E-state index contributed by atoms with van der Waals surface area (Å²) < 4.78 is 12.0. The minimum Gasteiger partial charge on any atom is -0.465 e. The van der Waals surface area contributed by atoms with Gasteiger partial charge in [-0.2, -0.15) is 10.1 Å². The lowest BCUT2D eigenvalue weighted by Gasteiger charge is -2.32. The summed E-state index contributed by atoms with van der Waals surface area (Å²) in [5.41, 5.74) is 0.602. The van der Waals surface area contributed by atoms with Crippen molar-refractivity contribution in [3.63, 3.8) is 0 Å². The van der Waals surface area contributed by atoms with Crippen LogP contribution in [0.4, 0.5) is 11.8 Å². The van der Waals surface area contributed by atoms with Gasteiger partial charge >= 0.3 is 11.9 Å². The molecule has 3 rings (SSSR count). The smallest absolute Gasteiger partial charge is 0.433 e. The van der Waals surface area contributed by atoms with Gasteiger partial charge < -0.3 is 14.5 Å². The van der Waals surface area contributed by atoms with Crippen LogP contribution < -0.4 is 5.32 Å². The van der Waals surface area contributed by atoms with Crippen LogP contribution in [0.15, 0.2) is 34.7 Å². The van der Waals surface area contributed by atoms with Crippen molar-refractivity contribution in [1.82, 2.24) is 14.8 Å². The number of nitro groups is 1. The molecule has 2 atom stereocenters. The van der Waals surface area contributed by atoms with Gasteiger partial charge in [-0.15, -0.1) is 0 Å². The molecule has 1 aliphatic heterocycles. The Morgan fingerprint density at radius 2 is 2.32 bits per heavy atom. The fourth-order valence-electron chi connectivity index (χ4n) is 2.83. The van der Waals surface area contributed by atoms with E-state index in [1.165, 1.54) is 23.1 Å². The quantitative estimate of drug-likeness (QED) is 0.496. The number of carbonyl (C=O) groups is 1. The van der Waals surface area contributed by atoms with Crippen LogP contribution in [-0.2, 0) is 9.53 Å². The fraction of sp³-hybridized carbons (Fsp3) is 0.400. The number of fused-ring (bicyclic) bond motifs is 1. The van der Waals surface area contributed by atoms with Crippen molar-refractivity contribution < 1.29 is 18.9 Å². The number of nitrogens with one attached hydrogen (secondary N) is 1. The molecule has 0 unspecified atom stereocenters. The number of ether oxygens (including phenoxy) is 1. The first-order chi connectivity index (χ1) is 12.1. The molecular weight excluding hydrogens is 330 g/mol. The summed E-state index contributed by atoms with van der Waals surface area (Å²) in [6, 6.07) is 1.98. The Morgan fingerprint density at radius 3 is 2.96 bits per heavy atom. The zero-order valence-electron chi connectivity index (χ0n) is 13.7. The topological polar surface area (TPSA) is 125 Å². The Balaban J connectivity index is 2.13. The van der Waals surface area contributed by atoms with Crippen molar-refractivity contribution in [3.05, 3.63) is 46.1 Å². The van der Waals surface area contributed by atoms with E-state index in [1.54, 1.807) is 6.92 Å². The Morgan fingerprint density at radius 1 is 1.52 bits per heavy atom. The molecule has 0 fully saturated rings. The molecule has 10 heteroatoms. The highest BCUT2D eigenvalue weighted by Crippen LogP contribution is 2.40. The molecule has 0 bridgehead atoms. The summed E-state index contributed by atoms with van der Waals surface area (Å²) in [5, 5.41) is 18.1. The first-order valence-electron chi connectivity index (χ1n) is 7.84. The minimum atomic E-state index is -0.778. The van der Waals surface area contributed by atoms with Gasteiger partial charge in [-0.3, -0.25) is 14.9 Å². The third-order valence-corrected chi connectivity index (χ3v) is 3.79. The molecule has 0 amide bonds. The second-order valence-electron chi connectivity index (χ2n) is 5.33. The van der Waals surface area contributed by atoms with Crippen molar-refractivity contribution in [3.8, 4) is 0 Å². The van der Waals surface area contributed by atoms with Crippen LogP contribution in [0.5, 0.6) is 0 Å². The number of nitrogens with zero attached hydrogens (tertiary/aromatic N) is 4. The highest BCUT2D eigenvalue weighted by Gasteiger charge is 2.43. The standard InChI is InChI=1S/C15H17N5O5/c1-3-5-9-12(14(21)24-4-2)13(19-15(18-9)16-8-17-19)10-6-7-11(25-10)20(22)23/h5-8,12-13H,3-4H2,1-2H3,(H,16,17,18)/b9-5+/t12-,13+/m0/s1. The van der Waals surface area contributed by atoms with Gasteiger partial charge in [0.1, 0.15) is 29.0 Å². The van der Waals surface area contributed by atoms with E-state index in [2.05, 4.69) is 15.4 Å². The van der Waals surface area contributed by atoms with Crippen LogP contribution in [0.2, 0.25) is 0 Å². The lowest BCUT2D eigenvalue weighted by molar-refractivity contribution is -0.402. The Kier molecular flexibility index (Phi) is 4.50. The summed E-state index contributed by atoms with van der Waals surface area (Å²) in [5.74, 6) is -0.997. The molecule has 132 valence electrons. The number of hydrogen-bond acceptors (Lipinski definition) is 8. The van der Waals surface area contributed by atoms with E-state index in [0.717, 1.165) is 0 Å². The van der Waals surface area contributed by atoms with Gasteiger partial charge in [0, 0.05) is 5.70 Å². The Hall–Kier alpha value is -3.17. The van der Waals surface area contributed by atoms with Crippen LogP contribution in [0.1, 0.15) is 32.1 Å². The zero-order chi connectivity index (χ0) is 18.0. The molecule has 0 aromatic carbocycles. The first kappa shape index (κ1) is 16.7. The van der Waals surface area contributed by atoms with Gasteiger partial charge in [0.15, 0.2) is 0 Å². The van der Waals surface area contributed by atoms with Gasteiger partial charge in [0.2, 0.25) is 5.95 Å². The van der Waals surface area contributed by atoms with E-state index in [1.807, 2.05) is 13.0 Å². The van der Waals surface area contributed by atoms with Crippen molar-refractivity contribution in [1.29, 1.82) is 0 Å². The van der Waals surface area contributed by atoms with Crippen molar-refractivity contribution in [2.75, 3.05) is 11.9 Å². The molecule has 2 aromatic rings. The third kappa shape index (κ3) is 2.97. The maximum Gasteiger partial charge on any atom is 0.433 e. The molecule has 1 aliphatic rings. The van der Waals surface area contributed by atoms with E-state index >= 15 is 0 Å². The number of rotatable bonds is 5. The van der Waals surface area contributed by atoms with Crippen molar-refractivity contribution >= 4 is 17.8 Å². The Bertz CT molecular complexity index is 824. The number of allylic oxidation sites excluding steroid dienone is 1. The van der Waals surface area contributed by atoms with Gasteiger partial charge in [-0.25, -0.2) is 4.68 Å². The number of hydrogen-bond donors (Lipinski definition) is 1. The largest absolute Gasteiger partial charge is 0.465 e. The average molecular weight is 347 g/mol. The number of carbonyl (C=O) groups excluding carboxylic acids is 1. The second-order valence-corrected chi connectivity index (χ2v) is 5.33. The van der Waals surface area contributed by atoms with Crippen LogP contribution in [0, 0.1) is 16.0 Å². The number of anilines is 1. The van der Waals surface area contributed by atoms with E-state index in [-0.39, 0.29) is 12.4 Å². The maximum absolute atomic E-state index is 12.6. The van der Waals surface area contributed by atoms with Crippen LogP contribution in [-0.4, -0.2) is 32.3 Å². The van der Waals surface area contributed by atoms with E-state index in [9.17, 15) is 14.9 Å². The van der Waals surface area contributed by atoms with E-state index in [4.69, 9.17) is 9.15 Å². The lowest BCUT2D eigenvalue weighted by atomic mass is 9.91. The summed E-state index contributed by atoms with van der Waals surface area (Å²) >= 11 is 0. The predicted molar refractivity (Wildman–Crippen MR) is 85.6 cm³/mol. The van der Waals surface area contributed by atoms with Crippen molar-refractivity contribution in [2.45, 2.75) is 26.3 Å². The summed E-state index contributed by atoms with van der Waals surface area (Å²) in [7, 11) is 0. The SMILES string of the molecule is CC/C=C1/Nc2ncnn2[C@H](c2ccc([N+](=O)[O-])o2)[C@H]1C(=O)OCC. The Labute approximate surface area is 142 Å². The number of esters is 1. The highest BCUT2D eigenvalue weighted by atomic mass is 16.6. The van der Waals surface area contributed by atoms with Crippen LogP contribution >= 0.6 is 0 Å². The summed E-state index contributed by atoms with van der Waals surface area (Å²) in [4.78, 5) is 27.0. The highest BCUT2D eigenvalue weighted by molar-refractivity contribution is 5.79. The molecule has 0 saturated carbocycles. The van der Waals surface area contributed by atoms with Gasteiger partial charge in [-0.05, 0) is 19.4 Å². The molecule has 1 N–H and O–H groups in total. The zero-order valence-corrected chi connectivity index (χ0v) is 13.7. The molecule has 0 saturated heterocycles. The summed E-state index contributed by atoms with van der Waals surface area (Å²) in [6.07, 6.45) is 3.87. The first-order valence-corrected chi connectivity index (χ1v) is 7.84. The molecule has 25 heavy (non-hydrogen) atoms. The summed E-state index contributed by atoms with van der Waals surface area (Å²) in [6.45, 7) is 3.86.